The molecular weight excluding hydrogens is 424 g/mol. The Labute approximate surface area is 188 Å². The number of aromatic amines is 1. The average Bonchev–Trinajstić information content (AvgIpc) is 3.31. The Bertz CT molecular complexity index is 1190. The summed E-state index contributed by atoms with van der Waals surface area (Å²) in [4.78, 5) is 16.9. The Kier molecular flexibility index (Phi) is 5.97. The van der Waals surface area contributed by atoms with Crippen LogP contribution in [-0.2, 0) is 15.3 Å². The van der Waals surface area contributed by atoms with E-state index in [1.54, 1.807) is 48.7 Å². The Morgan fingerprint density at radius 1 is 1.12 bits per heavy atom. The van der Waals surface area contributed by atoms with Gasteiger partial charge in [0.15, 0.2) is 15.2 Å². The minimum absolute atomic E-state index is 0.115. The van der Waals surface area contributed by atoms with Crippen LogP contribution >= 0.6 is 0 Å². The van der Waals surface area contributed by atoms with Gasteiger partial charge < -0.3 is 10.1 Å². The number of hydrogen-bond acceptors (Lipinski definition) is 4. The molecule has 2 heterocycles. The van der Waals surface area contributed by atoms with E-state index < -0.39 is 21.2 Å². The fourth-order valence-corrected chi connectivity index (χ4v) is 6.57. The number of aromatic nitrogens is 1. The van der Waals surface area contributed by atoms with E-state index in [2.05, 4.69) is 18.8 Å². The summed E-state index contributed by atoms with van der Waals surface area (Å²) in [7, 11) is -3.65. The van der Waals surface area contributed by atoms with Crippen molar-refractivity contribution >= 4 is 15.8 Å². The van der Waals surface area contributed by atoms with E-state index in [1.165, 1.54) is 0 Å². The zero-order valence-electron chi connectivity index (χ0n) is 18.2. The molecule has 1 fully saturated rings. The number of nitrogens with zero attached hydrogens (tertiary/aromatic N) is 1. The summed E-state index contributed by atoms with van der Waals surface area (Å²) in [6.45, 7) is 5.41. The molecule has 2 aromatic carbocycles. The topological polar surface area (TPSA) is 90.5 Å². The van der Waals surface area contributed by atoms with E-state index in [-0.39, 0.29) is 16.9 Å². The fraction of sp³-hybridized carbons (Fsp3) is 0.320. The molecule has 1 saturated heterocycles. The molecule has 0 spiro atoms. The molecular formula is C25H28N2O4S. The molecule has 0 radical (unpaired) electrons. The van der Waals surface area contributed by atoms with Gasteiger partial charge in [-0.05, 0) is 59.7 Å². The SMILES string of the molecule is CC1CN(C(c2ccc[nH]2)S(=O)(=O)c2ccccc2)CCC1(C)c1cccc(C(=O)O)c1. The van der Waals surface area contributed by atoms with Crippen molar-refractivity contribution < 1.29 is 18.3 Å². The number of carboxylic acids is 1. The van der Waals surface area contributed by atoms with E-state index in [9.17, 15) is 18.3 Å². The summed E-state index contributed by atoms with van der Waals surface area (Å²) in [5.41, 5.74) is 1.65. The highest BCUT2D eigenvalue weighted by Gasteiger charge is 2.44. The number of sulfone groups is 1. The molecule has 168 valence electrons. The van der Waals surface area contributed by atoms with Crippen LogP contribution in [0.2, 0.25) is 0 Å². The van der Waals surface area contributed by atoms with Crippen LogP contribution in [0.5, 0.6) is 0 Å². The Morgan fingerprint density at radius 2 is 1.88 bits per heavy atom. The number of likely N-dealkylation sites (tertiary alicyclic amines) is 1. The average molecular weight is 453 g/mol. The summed E-state index contributed by atoms with van der Waals surface area (Å²) < 4.78 is 27.3. The molecule has 2 N–H and O–H groups in total. The van der Waals surface area contributed by atoms with Crippen molar-refractivity contribution in [3.05, 3.63) is 89.7 Å². The molecule has 0 saturated carbocycles. The van der Waals surface area contributed by atoms with Crippen molar-refractivity contribution in [1.29, 1.82) is 0 Å². The Balaban J connectivity index is 1.67. The third kappa shape index (κ3) is 3.98. The second-order valence-corrected chi connectivity index (χ2v) is 10.8. The lowest BCUT2D eigenvalue weighted by atomic mass is 9.68. The third-order valence-electron chi connectivity index (χ3n) is 6.87. The second kappa shape index (κ2) is 8.56. The highest BCUT2D eigenvalue weighted by molar-refractivity contribution is 7.91. The van der Waals surface area contributed by atoms with Gasteiger partial charge >= 0.3 is 5.97 Å². The van der Waals surface area contributed by atoms with Gasteiger partial charge in [0.1, 0.15) is 0 Å². The molecule has 1 aliphatic heterocycles. The number of aromatic carboxylic acids is 1. The predicted octanol–water partition coefficient (Wildman–Crippen LogP) is 4.49. The van der Waals surface area contributed by atoms with Crippen LogP contribution in [0.3, 0.4) is 0 Å². The van der Waals surface area contributed by atoms with Gasteiger partial charge in [0.25, 0.3) is 0 Å². The first kappa shape index (κ1) is 22.3. The number of rotatable bonds is 6. The van der Waals surface area contributed by atoms with Gasteiger partial charge in [-0.1, -0.05) is 44.2 Å². The third-order valence-corrected chi connectivity index (χ3v) is 8.94. The first-order chi connectivity index (χ1) is 15.2. The summed E-state index contributed by atoms with van der Waals surface area (Å²) in [5, 5.41) is 8.59. The lowest BCUT2D eigenvalue weighted by molar-refractivity contribution is 0.0695. The summed E-state index contributed by atoms with van der Waals surface area (Å²) in [5.74, 6) is -0.829. The number of piperidine rings is 1. The van der Waals surface area contributed by atoms with Crippen LogP contribution in [-0.4, -0.2) is 42.5 Å². The quantitative estimate of drug-likeness (QED) is 0.575. The highest BCUT2D eigenvalue weighted by atomic mass is 32.2. The molecule has 0 amide bonds. The van der Waals surface area contributed by atoms with Crippen LogP contribution in [0.4, 0.5) is 0 Å². The van der Waals surface area contributed by atoms with E-state index in [1.807, 2.05) is 29.2 Å². The van der Waals surface area contributed by atoms with Crippen molar-refractivity contribution in [2.45, 2.75) is 36.0 Å². The summed E-state index contributed by atoms with van der Waals surface area (Å²) in [6, 6.07) is 19.3. The molecule has 32 heavy (non-hydrogen) atoms. The fourth-order valence-electron chi connectivity index (χ4n) is 4.71. The summed E-state index contributed by atoms with van der Waals surface area (Å²) >= 11 is 0. The lowest BCUT2D eigenvalue weighted by Crippen LogP contribution is -2.50. The van der Waals surface area contributed by atoms with Crippen molar-refractivity contribution in [2.75, 3.05) is 13.1 Å². The number of carboxylic acid groups (broad SMARTS) is 1. The van der Waals surface area contributed by atoms with Crippen molar-refractivity contribution in [1.82, 2.24) is 9.88 Å². The zero-order valence-corrected chi connectivity index (χ0v) is 19.0. The lowest BCUT2D eigenvalue weighted by Gasteiger charge is -2.47. The molecule has 4 rings (SSSR count). The molecule has 0 bridgehead atoms. The first-order valence-electron chi connectivity index (χ1n) is 10.7. The van der Waals surface area contributed by atoms with Gasteiger partial charge in [0, 0.05) is 25.0 Å². The van der Waals surface area contributed by atoms with Crippen molar-refractivity contribution in [3.8, 4) is 0 Å². The minimum Gasteiger partial charge on any atom is -0.478 e. The molecule has 6 nitrogen and oxygen atoms in total. The second-order valence-electron chi connectivity index (χ2n) is 8.79. The predicted molar refractivity (Wildman–Crippen MR) is 123 cm³/mol. The van der Waals surface area contributed by atoms with Crippen LogP contribution < -0.4 is 0 Å². The molecule has 0 aliphatic carbocycles. The molecule has 7 heteroatoms. The van der Waals surface area contributed by atoms with Crippen molar-refractivity contribution in [2.24, 2.45) is 5.92 Å². The Morgan fingerprint density at radius 3 is 2.50 bits per heavy atom. The van der Waals surface area contributed by atoms with E-state index in [4.69, 9.17) is 0 Å². The number of hydrogen-bond donors (Lipinski definition) is 2. The van der Waals surface area contributed by atoms with Gasteiger partial charge in [-0.15, -0.1) is 0 Å². The normalized spacial score (nSPS) is 23.0. The molecule has 1 aromatic heterocycles. The number of H-pyrrole nitrogens is 1. The van der Waals surface area contributed by atoms with Gasteiger partial charge in [-0.25, -0.2) is 13.2 Å². The highest BCUT2D eigenvalue weighted by Crippen LogP contribution is 2.43. The first-order valence-corrected chi connectivity index (χ1v) is 12.3. The van der Waals surface area contributed by atoms with E-state index in [0.29, 0.717) is 23.7 Å². The van der Waals surface area contributed by atoms with Crippen LogP contribution in [0, 0.1) is 5.92 Å². The van der Waals surface area contributed by atoms with Gasteiger partial charge in [-0.2, -0.15) is 0 Å². The van der Waals surface area contributed by atoms with Crippen LogP contribution in [0.15, 0.2) is 77.8 Å². The largest absolute Gasteiger partial charge is 0.478 e. The van der Waals surface area contributed by atoms with Gasteiger partial charge in [-0.3, -0.25) is 4.90 Å². The standard InChI is InChI=1S/C25H28N2O4S/c1-18-17-27(15-13-25(18,2)20-9-6-8-19(16-20)24(28)29)23(22-12-7-14-26-22)32(30,31)21-10-4-3-5-11-21/h3-12,14,16,18,23,26H,13,15,17H2,1-2H3,(H,28,29). The molecule has 3 unspecified atom stereocenters. The maximum atomic E-state index is 13.7. The molecule has 3 atom stereocenters. The van der Waals surface area contributed by atoms with E-state index in [0.717, 1.165) is 12.0 Å². The smallest absolute Gasteiger partial charge is 0.335 e. The van der Waals surface area contributed by atoms with Crippen molar-refractivity contribution in [3.63, 3.8) is 0 Å². The molecule has 1 aliphatic rings. The number of carbonyl (C=O) groups is 1. The molecule has 3 aromatic rings. The zero-order chi connectivity index (χ0) is 22.9. The maximum absolute atomic E-state index is 13.7. The minimum atomic E-state index is -3.65. The number of benzene rings is 2. The van der Waals surface area contributed by atoms with Crippen LogP contribution in [0.25, 0.3) is 0 Å². The van der Waals surface area contributed by atoms with Crippen LogP contribution in [0.1, 0.15) is 47.3 Å². The monoisotopic (exact) mass is 452 g/mol. The van der Waals surface area contributed by atoms with Gasteiger partial charge in [0.2, 0.25) is 0 Å². The van der Waals surface area contributed by atoms with E-state index >= 15 is 0 Å². The Hall–Kier alpha value is -2.90. The van der Waals surface area contributed by atoms with Gasteiger partial charge in [0.05, 0.1) is 10.5 Å². The number of nitrogens with one attached hydrogen (secondary N) is 1. The maximum Gasteiger partial charge on any atom is 0.335 e. The summed E-state index contributed by atoms with van der Waals surface area (Å²) in [6.07, 6.45) is 2.47.